The lowest BCUT2D eigenvalue weighted by Gasteiger charge is -2.23. The molecular formula is C16H27BrN4O. The van der Waals surface area contributed by atoms with Crippen molar-refractivity contribution in [3.8, 4) is 0 Å². The Morgan fingerprint density at radius 2 is 1.68 bits per heavy atom. The van der Waals surface area contributed by atoms with Crippen molar-refractivity contribution in [1.29, 1.82) is 0 Å². The summed E-state index contributed by atoms with van der Waals surface area (Å²) < 4.78 is 0. The Kier molecular flexibility index (Phi) is 10.7. The zero-order valence-electron chi connectivity index (χ0n) is 13.1. The van der Waals surface area contributed by atoms with E-state index in [1.165, 1.54) is 32.1 Å². The highest BCUT2D eigenvalue weighted by atomic mass is 79.9. The van der Waals surface area contributed by atoms with Gasteiger partial charge in [-0.2, -0.15) is 0 Å². The molecule has 0 bridgehead atoms. The molecule has 0 radical (unpaired) electrons. The molecule has 0 unspecified atom stereocenters. The molecular weight excluding hydrogens is 344 g/mol. The fourth-order valence-corrected chi connectivity index (χ4v) is 2.65. The Labute approximate surface area is 141 Å². The van der Waals surface area contributed by atoms with Crippen LogP contribution in [0.15, 0.2) is 30.3 Å². The SMILES string of the molecule is NNC(=O)NN(CCCCCCCCBr)Cc1ccccc1. The van der Waals surface area contributed by atoms with Gasteiger partial charge in [-0.3, -0.25) is 10.9 Å². The number of carbonyl (C=O) groups is 1. The van der Waals surface area contributed by atoms with Crippen molar-refractivity contribution in [1.82, 2.24) is 15.9 Å². The van der Waals surface area contributed by atoms with Crippen LogP contribution in [0.1, 0.15) is 44.1 Å². The second-order valence-electron chi connectivity index (χ2n) is 5.30. The molecule has 0 aliphatic heterocycles. The van der Waals surface area contributed by atoms with E-state index in [9.17, 15) is 4.79 Å². The van der Waals surface area contributed by atoms with Gasteiger partial charge in [0.1, 0.15) is 0 Å². The van der Waals surface area contributed by atoms with Crippen LogP contribution in [-0.2, 0) is 6.54 Å². The summed E-state index contributed by atoms with van der Waals surface area (Å²) in [6, 6.07) is 9.71. The number of hydrogen-bond donors (Lipinski definition) is 3. The Hall–Kier alpha value is -1.11. The Bertz CT molecular complexity index is 402. The summed E-state index contributed by atoms with van der Waals surface area (Å²) in [5, 5.41) is 3.01. The monoisotopic (exact) mass is 370 g/mol. The average Bonchev–Trinajstić information content (AvgIpc) is 2.54. The van der Waals surface area contributed by atoms with Crippen molar-refractivity contribution in [3.05, 3.63) is 35.9 Å². The highest BCUT2D eigenvalue weighted by Gasteiger charge is 2.08. The minimum atomic E-state index is -0.381. The lowest BCUT2D eigenvalue weighted by atomic mass is 10.1. The van der Waals surface area contributed by atoms with Gasteiger partial charge in [0.15, 0.2) is 0 Å². The number of rotatable bonds is 11. The summed E-state index contributed by atoms with van der Waals surface area (Å²) in [6.45, 7) is 1.50. The van der Waals surface area contributed by atoms with E-state index in [4.69, 9.17) is 5.84 Å². The topological polar surface area (TPSA) is 70.4 Å². The molecule has 0 atom stereocenters. The van der Waals surface area contributed by atoms with Gasteiger partial charge in [-0.1, -0.05) is 71.9 Å². The maximum absolute atomic E-state index is 11.4. The fourth-order valence-electron chi connectivity index (χ4n) is 2.26. The molecule has 0 heterocycles. The van der Waals surface area contributed by atoms with E-state index in [0.29, 0.717) is 6.54 Å². The molecule has 0 aliphatic carbocycles. The average molecular weight is 371 g/mol. The minimum Gasteiger partial charge on any atom is -0.275 e. The van der Waals surface area contributed by atoms with Crippen LogP contribution >= 0.6 is 15.9 Å². The zero-order chi connectivity index (χ0) is 16.0. The maximum atomic E-state index is 11.4. The van der Waals surface area contributed by atoms with E-state index in [1.807, 2.05) is 23.2 Å². The van der Waals surface area contributed by atoms with Crippen molar-refractivity contribution in [2.24, 2.45) is 5.84 Å². The van der Waals surface area contributed by atoms with Gasteiger partial charge in [-0.05, 0) is 18.4 Å². The van der Waals surface area contributed by atoms with E-state index in [2.05, 4.69) is 38.9 Å². The normalized spacial score (nSPS) is 10.7. The van der Waals surface area contributed by atoms with Gasteiger partial charge >= 0.3 is 6.03 Å². The van der Waals surface area contributed by atoms with Crippen LogP contribution in [0.5, 0.6) is 0 Å². The number of nitrogens with two attached hydrogens (primary N) is 1. The molecule has 22 heavy (non-hydrogen) atoms. The first kappa shape index (κ1) is 18.9. The van der Waals surface area contributed by atoms with E-state index in [1.54, 1.807) is 0 Å². The van der Waals surface area contributed by atoms with Crippen LogP contribution in [0, 0.1) is 0 Å². The number of carbonyl (C=O) groups excluding carboxylic acids is 1. The van der Waals surface area contributed by atoms with Crippen LogP contribution in [0.3, 0.4) is 0 Å². The standard InChI is InChI=1S/C16H27BrN4O/c17-12-8-3-1-2-4-9-13-21(20-16(22)19-18)14-15-10-6-5-7-11-15/h5-7,10-11H,1-4,8-9,12-14,18H2,(H2,19,20,22). The fraction of sp³-hybridized carbons (Fsp3) is 0.562. The molecule has 0 fully saturated rings. The van der Waals surface area contributed by atoms with E-state index in [-0.39, 0.29) is 6.03 Å². The smallest absolute Gasteiger partial charge is 0.275 e. The first-order chi connectivity index (χ1) is 10.8. The van der Waals surface area contributed by atoms with Gasteiger partial charge in [-0.15, -0.1) is 0 Å². The second-order valence-corrected chi connectivity index (χ2v) is 6.10. The number of alkyl halides is 1. The van der Waals surface area contributed by atoms with Crippen LogP contribution in [0.4, 0.5) is 4.79 Å². The zero-order valence-corrected chi connectivity index (χ0v) is 14.6. The molecule has 1 aromatic carbocycles. The molecule has 0 aliphatic rings. The number of nitrogens with one attached hydrogen (secondary N) is 2. The summed E-state index contributed by atoms with van der Waals surface area (Å²) in [7, 11) is 0. The largest absolute Gasteiger partial charge is 0.343 e. The number of urea groups is 1. The summed E-state index contributed by atoms with van der Waals surface area (Å²) in [5.41, 5.74) is 6.05. The summed E-state index contributed by atoms with van der Waals surface area (Å²) in [5.74, 6) is 5.14. The molecule has 0 aromatic heterocycles. The maximum Gasteiger partial charge on any atom is 0.343 e. The van der Waals surface area contributed by atoms with Crippen molar-refractivity contribution >= 4 is 22.0 Å². The number of hydrazine groups is 2. The molecule has 1 aromatic rings. The lowest BCUT2D eigenvalue weighted by molar-refractivity contribution is 0.168. The third kappa shape index (κ3) is 9.02. The summed E-state index contributed by atoms with van der Waals surface area (Å²) >= 11 is 3.45. The number of amides is 2. The van der Waals surface area contributed by atoms with Gasteiger partial charge < -0.3 is 0 Å². The Morgan fingerprint density at radius 1 is 1.05 bits per heavy atom. The van der Waals surface area contributed by atoms with E-state index in [0.717, 1.165) is 23.9 Å². The van der Waals surface area contributed by atoms with Gasteiger partial charge in [0, 0.05) is 18.4 Å². The molecule has 0 spiro atoms. The van der Waals surface area contributed by atoms with E-state index < -0.39 is 0 Å². The second kappa shape index (κ2) is 12.4. The molecule has 4 N–H and O–H groups in total. The minimum absolute atomic E-state index is 0.381. The lowest BCUT2D eigenvalue weighted by Crippen LogP contribution is -2.49. The molecule has 124 valence electrons. The molecule has 0 saturated heterocycles. The summed E-state index contributed by atoms with van der Waals surface area (Å²) in [6.07, 6.45) is 7.30. The number of hydrogen-bond acceptors (Lipinski definition) is 3. The summed E-state index contributed by atoms with van der Waals surface area (Å²) in [4.78, 5) is 11.4. The number of nitrogens with zero attached hydrogens (tertiary/aromatic N) is 1. The highest BCUT2D eigenvalue weighted by Crippen LogP contribution is 2.08. The third-order valence-electron chi connectivity index (χ3n) is 3.42. The number of benzene rings is 1. The van der Waals surface area contributed by atoms with Crippen molar-refractivity contribution < 1.29 is 4.79 Å². The molecule has 6 heteroatoms. The van der Waals surface area contributed by atoms with Crippen LogP contribution < -0.4 is 16.7 Å². The molecule has 1 rings (SSSR count). The molecule has 5 nitrogen and oxygen atoms in total. The predicted molar refractivity (Wildman–Crippen MR) is 94.2 cm³/mol. The van der Waals surface area contributed by atoms with Gasteiger partial charge in [0.2, 0.25) is 0 Å². The van der Waals surface area contributed by atoms with Gasteiger partial charge in [0.05, 0.1) is 0 Å². The van der Waals surface area contributed by atoms with Crippen molar-refractivity contribution in [2.75, 3.05) is 11.9 Å². The van der Waals surface area contributed by atoms with Crippen LogP contribution in [-0.4, -0.2) is 22.9 Å². The molecule has 2 amide bonds. The molecule has 0 saturated carbocycles. The van der Waals surface area contributed by atoms with Crippen molar-refractivity contribution in [3.63, 3.8) is 0 Å². The van der Waals surface area contributed by atoms with Crippen molar-refractivity contribution in [2.45, 2.75) is 45.1 Å². The van der Waals surface area contributed by atoms with Crippen LogP contribution in [0.2, 0.25) is 0 Å². The quantitative estimate of drug-likeness (QED) is 0.184. The Morgan fingerprint density at radius 3 is 2.32 bits per heavy atom. The number of unbranched alkanes of at least 4 members (excludes halogenated alkanes) is 5. The first-order valence-electron chi connectivity index (χ1n) is 7.88. The van der Waals surface area contributed by atoms with Gasteiger partial charge in [0.25, 0.3) is 0 Å². The predicted octanol–water partition coefficient (Wildman–Crippen LogP) is 3.31. The first-order valence-corrected chi connectivity index (χ1v) is 9.00. The van der Waals surface area contributed by atoms with Crippen LogP contribution in [0.25, 0.3) is 0 Å². The number of halogens is 1. The van der Waals surface area contributed by atoms with E-state index >= 15 is 0 Å². The highest BCUT2D eigenvalue weighted by molar-refractivity contribution is 9.09. The third-order valence-corrected chi connectivity index (χ3v) is 3.98. The Balaban J connectivity index is 2.30. The van der Waals surface area contributed by atoms with Gasteiger partial charge in [-0.25, -0.2) is 15.6 Å².